The van der Waals surface area contributed by atoms with Gasteiger partial charge >= 0.3 is 5.97 Å². The zero-order valence-electron chi connectivity index (χ0n) is 14.5. The van der Waals surface area contributed by atoms with E-state index in [-0.39, 0.29) is 35.4 Å². The lowest BCUT2D eigenvalue weighted by molar-refractivity contribution is -0.147. The lowest BCUT2D eigenvalue weighted by atomic mass is 10.1. The smallest absolute Gasteiger partial charge is 0.310 e. The highest BCUT2D eigenvalue weighted by atomic mass is 32.1. The quantitative estimate of drug-likeness (QED) is 0.628. The molecular formula is C17H21N3O3S. The summed E-state index contributed by atoms with van der Waals surface area (Å²) in [5.41, 5.74) is 1.31. The third-order valence-electron chi connectivity index (χ3n) is 4.44. The Morgan fingerprint density at radius 1 is 1.46 bits per heavy atom. The first-order chi connectivity index (χ1) is 11.2. The van der Waals surface area contributed by atoms with Crippen molar-refractivity contribution in [1.29, 1.82) is 0 Å². The van der Waals surface area contributed by atoms with Gasteiger partial charge in [-0.25, -0.2) is 4.98 Å². The normalized spacial score (nSPS) is 21.5. The van der Waals surface area contributed by atoms with E-state index in [4.69, 9.17) is 4.74 Å². The van der Waals surface area contributed by atoms with E-state index >= 15 is 0 Å². The number of allylic oxidation sites excluding steroid dienone is 2. The first-order valence-corrected chi connectivity index (χ1v) is 8.70. The third kappa shape index (κ3) is 3.00. The van der Waals surface area contributed by atoms with Crippen molar-refractivity contribution >= 4 is 22.3 Å². The highest BCUT2D eigenvalue weighted by molar-refractivity contribution is 7.16. The zero-order chi connectivity index (χ0) is 17.6. The molecule has 0 spiro atoms. The molecule has 3 rings (SSSR count). The number of ether oxygens (including phenoxy) is 1. The molecule has 6 nitrogen and oxygen atoms in total. The van der Waals surface area contributed by atoms with Crippen molar-refractivity contribution in [2.24, 2.45) is 17.3 Å². The minimum atomic E-state index is -0.260. The summed E-state index contributed by atoms with van der Waals surface area (Å²) in [6.07, 6.45) is 2.13. The van der Waals surface area contributed by atoms with Crippen molar-refractivity contribution in [1.82, 2.24) is 14.6 Å². The molecule has 2 heterocycles. The number of esters is 1. The molecule has 1 saturated carbocycles. The van der Waals surface area contributed by atoms with Gasteiger partial charge in [-0.2, -0.15) is 9.61 Å². The van der Waals surface area contributed by atoms with Crippen molar-refractivity contribution in [3.63, 3.8) is 0 Å². The second kappa shape index (κ2) is 5.81. The minimum absolute atomic E-state index is 0.00957. The van der Waals surface area contributed by atoms with Crippen molar-refractivity contribution in [2.45, 2.75) is 41.2 Å². The summed E-state index contributed by atoms with van der Waals surface area (Å²) in [5.74, 6) is -0.159. The van der Waals surface area contributed by atoms with Crippen molar-refractivity contribution < 1.29 is 9.53 Å². The Morgan fingerprint density at radius 3 is 2.83 bits per heavy atom. The number of carbonyl (C=O) groups excluding carboxylic acids is 1. The van der Waals surface area contributed by atoms with Crippen LogP contribution in [-0.2, 0) is 16.1 Å². The second-order valence-electron chi connectivity index (χ2n) is 7.08. The molecule has 128 valence electrons. The molecule has 2 atom stereocenters. The largest absolute Gasteiger partial charge is 0.459 e. The number of carbonyl (C=O) groups is 1. The van der Waals surface area contributed by atoms with Gasteiger partial charge in [-0.3, -0.25) is 9.59 Å². The Bertz CT molecular complexity index is 890. The lowest BCUT2D eigenvalue weighted by Crippen LogP contribution is -2.17. The van der Waals surface area contributed by atoms with Crippen LogP contribution in [0.5, 0.6) is 0 Å². The fraction of sp³-hybridized carbons (Fsp3) is 0.529. The van der Waals surface area contributed by atoms with E-state index < -0.39 is 0 Å². The predicted molar refractivity (Wildman–Crippen MR) is 91.9 cm³/mol. The van der Waals surface area contributed by atoms with E-state index in [1.165, 1.54) is 27.5 Å². The van der Waals surface area contributed by atoms with Crippen LogP contribution in [0.2, 0.25) is 0 Å². The first kappa shape index (κ1) is 16.8. The molecule has 2 aromatic heterocycles. The summed E-state index contributed by atoms with van der Waals surface area (Å²) in [4.78, 5) is 29.2. The second-order valence-corrected chi connectivity index (χ2v) is 8.24. The van der Waals surface area contributed by atoms with Gasteiger partial charge in [-0.15, -0.1) is 0 Å². The molecule has 2 unspecified atom stereocenters. The molecule has 0 N–H and O–H groups in total. The highest BCUT2D eigenvalue weighted by Gasteiger charge is 2.61. The molecule has 0 aromatic carbocycles. The van der Waals surface area contributed by atoms with Crippen LogP contribution in [0.3, 0.4) is 0 Å². The van der Waals surface area contributed by atoms with Crippen molar-refractivity contribution in [3.05, 3.63) is 38.8 Å². The summed E-state index contributed by atoms with van der Waals surface area (Å²) in [6.45, 7) is 10.0. The van der Waals surface area contributed by atoms with Gasteiger partial charge in [0, 0.05) is 6.07 Å². The number of aromatic nitrogens is 3. The van der Waals surface area contributed by atoms with Crippen LogP contribution >= 0.6 is 11.3 Å². The fourth-order valence-electron chi connectivity index (χ4n) is 3.06. The maximum Gasteiger partial charge on any atom is 0.310 e. The van der Waals surface area contributed by atoms with E-state index in [2.05, 4.69) is 30.0 Å². The lowest BCUT2D eigenvalue weighted by Gasteiger charge is -2.05. The molecular weight excluding hydrogens is 326 g/mol. The summed E-state index contributed by atoms with van der Waals surface area (Å²) in [7, 11) is 0. The van der Waals surface area contributed by atoms with Crippen LogP contribution in [0.25, 0.3) is 4.96 Å². The summed E-state index contributed by atoms with van der Waals surface area (Å²) in [5, 5.41) is 4.85. The van der Waals surface area contributed by atoms with Crippen molar-refractivity contribution in [3.8, 4) is 0 Å². The molecule has 0 saturated heterocycles. The number of aryl methyl sites for hydroxylation is 1. The first-order valence-electron chi connectivity index (χ1n) is 7.88. The molecule has 7 heteroatoms. The van der Waals surface area contributed by atoms with E-state index in [9.17, 15) is 9.59 Å². The fourth-order valence-corrected chi connectivity index (χ4v) is 3.83. The molecule has 0 amide bonds. The number of hydrogen-bond donors (Lipinski definition) is 0. The van der Waals surface area contributed by atoms with Crippen molar-refractivity contribution in [2.75, 3.05) is 0 Å². The van der Waals surface area contributed by atoms with Gasteiger partial charge in [0.05, 0.1) is 11.6 Å². The van der Waals surface area contributed by atoms with E-state index in [0.717, 1.165) is 5.01 Å². The van der Waals surface area contributed by atoms with Gasteiger partial charge in [0.25, 0.3) is 5.56 Å². The molecule has 2 aromatic rings. The van der Waals surface area contributed by atoms with Crippen LogP contribution in [0.1, 0.15) is 38.4 Å². The number of fused-ring (bicyclic) bond motifs is 1. The molecule has 0 bridgehead atoms. The average Bonchev–Trinajstić information content (AvgIpc) is 2.81. The Morgan fingerprint density at radius 2 is 2.17 bits per heavy atom. The molecule has 0 aliphatic heterocycles. The summed E-state index contributed by atoms with van der Waals surface area (Å²) in [6, 6.07) is 1.37. The highest BCUT2D eigenvalue weighted by Crippen LogP contribution is 2.59. The predicted octanol–water partition coefficient (Wildman–Crippen LogP) is 2.74. The number of nitrogens with zero attached hydrogens (tertiary/aromatic N) is 3. The molecule has 0 radical (unpaired) electrons. The zero-order valence-corrected chi connectivity index (χ0v) is 15.3. The number of rotatable bonds is 4. The van der Waals surface area contributed by atoms with E-state index in [1.54, 1.807) is 0 Å². The Hall–Kier alpha value is -2.02. The molecule has 1 aliphatic rings. The van der Waals surface area contributed by atoms with Gasteiger partial charge in [0.2, 0.25) is 4.96 Å². The van der Waals surface area contributed by atoms with Gasteiger partial charge in [0.1, 0.15) is 11.6 Å². The molecule has 24 heavy (non-hydrogen) atoms. The SMILES string of the molecule is CC(C)=CC1C(C(=O)OCc2cc(=O)n3nc(C)sc3n2)C1(C)C. The van der Waals surface area contributed by atoms with Crippen LogP contribution in [0.4, 0.5) is 0 Å². The number of hydrogen-bond acceptors (Lipinski definition) is 6. The average molecular weight is 347 g/mol. The van der Waals surface area contributed by atoms with Gasteiger partial charge in [-0.1, -0.05) is 36.8 Å². The molecule has 1 fully saturated rings. The van der Waals surface area contributed by atoms with Gasteiger partial charge in [-0.05, 0) is 32.1 Å². The third-order valence-corrected chi connectivity index (χ3v) is 5.26. The van der Waals surface area contributed by atoms with E-state index in [1.807, 2.05) is 20.8 Å². The van der Waals surface area contributed by atoms with E-state index in [0.29, 0.717) is 10.7 Å². The Labute approximate surface area is 144 Å². The van der Waals surface area contributed by atoms with Crippen LogP contribution in [0.15, 0.2) is 22.5 Å². The summed E-state index contributed by atoms with van der Waals surface area (Å²) >= 11 is 1.33. The molecule has 1 aliphatic carbocycles. The van der Waals surface area contributed by atoms with Crippen LogP contribution in [-0.4, -0.2) is 20.6 Å². The summed E-state index contributed by atoms with van der Waals surface area (Å²) < 4.78 is 6.68. The standard InChI is InChI=1S/C17H21N3O3S/c1-9(2)6-12-14(17(12,4)5)15(22)23-8-11-7-13(21)20-16(18-11)24-10(3)19-20/h6-7,12,14H,8H2,1-5H3. The maximum absolute atomic E-state index is 12.4. The topological polar surface area (TPSA) is 73.6 Å². The van der Waals surface area contributed by atoms with Crippen LogP contribution < -0.4 is 5.56 Å². The Balaban J connectivity index is 1.71. The minimum Gasteiger partial charge on any atom is -0.459 e. The monoisotopic (exact) mass is 347 g/mol. The van der Waals surface area contributed by atoms with Gasteiger partial charge in [0.15, 0.2) is 0 Å². The Kier molecular flexibility index (Phi) is 4.07. The van der Waals surface area contributed by atoms with Crippen LogP contribution in [0, 0.1) is 24.2 Å². The van der Waals surface area contributed by atoms with Gasteiger partial charge < -0.3 is 4.74 Å². The maximum atomic E-state index is 12.4.